The van der Waals surface area contributed by atoms with E-state index in [1.165, 1.54) is 17.4 Å². The van der Waals surface area contributed by atoms with E-state index in [0.717, 1.165) is 29.7 Å². The third-order valence-corrected chi connectivity index (χ3v) is 6.62. The molecule has 0 radical (unpaired) electrons. The Bertz CT molecular complexity index is 1030. The van der Waals surface area contributed by atoms with E-state index in [4.69, 9.17) is 9.47 Å². The molecule has 0 spiro atoms. The summed E-state index contributed by atoms with van der Waals surface area (Å²) < 4.78 is 10.5. The van der Waals surface area contributed by atoms with Crippen molar-refractivity contribution in [2.24, 2.45) is 0 Å². The molecule has 1 aliphatic carbocycles. The zero-order valence-corrected chi connectivity index (χ0v) is 18.0. The second-order valence-electron chi connectivity index (χ2n) is 7.30. The molecule has 9 nitrogen and oxygen atoms in total. The van der Waals surface area contributed by atoms with Crippen molar-refractivity contribution in [3.63, 3.8) is 0 Å². The van der Waals surface area contributed by atoms with Crippen LogP contribution in [-0.4, -0.2) is 49.7 Å². The number of amides is 1. The number of ether oxygens (including phenoxy) is 2. The average Bonchev–Trinajstić information content (AvgIpc) is 3.34. The average molecular weight is 445 g/mol. The summed E-state index contributed by atoms with van der Waals surface area (Å²) in [5, 5.41) is 14.9. The molecule has 1 saturated heterocycles. The number of nitro benzene ring substituents is 1. The maximum absolute atomic E-state index is 12.9. The number of hydrogen-bond donors (Lipinski definition) is 1. The van der Waals surface area contributed by atoms with Crippen molar-refractivity contribution in [2.45, 2.75) is 26.2 Å². The van der Waals surface area contributed by atoms with Gasteiger partial charge in [0.1, 0.15) is 10.7 Å². The van der Waals surface area contributed by atoms with Gasteiger partial charge in [-0.2, -0.15) is 0 Å². The number of benzene rings is 1. The molecular formula is C21H23N3O6S. The molecular weight excluding hydrogens is 422 g/mol. The molecule has 31 heavy (non-hydrogen) atoms. The van der Waals surface area contributed by atoms with Gasteiger partial charge in [-0.05, 0) is 43.9 Å². The van der Waals surface area contributed by atoms with E-state index in [1.54, 1.807) is 19.1 Å². The van der Waals surface area contributed by atoms with Crippen molar-refractivity contribution in [3.8, 4) is 0 Å². The van der Waals surface area contributed by atoms with Gasteiger partial charge in [-0.1, -0.05) is 0 Å². The molecule has 1 N–H and O–H groups in total. The van der Waals surface area contributed by atoms with Crippen molar-refractivity contribution in [2.75, 3.05) is 43.1 Å². The molecule has 2 aromatic rings. The van der Waals surface area contributed by atoms with E-state index < -0.39 is 16.8 Å². The van der Waals surface area contributed by atoms with Gasteiger partial charge in [-0.15, -0.1) is 11.3 Å². The smallest absolute Gasteiger partial charge is 0.341 e. The Hall–Kier alpha value is -2.98. The van der Waals surface area contributed by atoms with Crippen LogP contribution in [0, 0.1) is 10.1 Å². The van der Waals surface area contributed by atoms with Crippen LogP contribution in [0.5, 0.6) is 0 Å². The van der Waals surface area contributed by atoms with E-state index in [0.29, 0.717) is 42.6 Å². The molecule has 4 rings (SSSR count). The number of aryl methyl sites for hydroxylation is 1. The molecule has 0 unspecified atom stereocenters. The van der Waals surface area contributed by atoms with Crippen molar-refractivity contribution in [3.05, 3.63) is 49.9 Å². The van der Waals surface area contributed by atoms with Crippen LogP contribution in [0.3, 0.4) is 0 Å². The van der Waals surface area contributed by atoms with Crippen LogP contribution in [0.25, 0.3) is 0 Å². The fraction of sp³-hybridized carbons (Fsp3) is 0.429. The number of thiophene rings is 1. The van der Waals surface area contributed by atoms with Gasteiger partial charge in [0.15, 0.2) is 0 Å². The topological polar surface area (TPSA) is 111 Å². The number of anilines is 2. The number of nitrogens with one attached hydrogen (secondary N) is 1. The Morgan fingerprint density at radius 2 is 2.06 bits per heavy atom. The first-order valence-electron chi connectivity index (χ1n) is 10.2. The maximum Gasteiger partial charge on any atom is 0.341 e. The van der Waals surface area contributed by atoms with Crippen molar-refractivity contribution in [1.29, 1.82) is 0 Å². The van der Waals surface area contributed by atoms with Crippen LogP contribution in [0.4, 0.5) is 16.4 Å². The summed E-state index contributed by atoms with van der Waals surface area (Å²) in [6.07, 6.45) is 2.61. The van der Waals surface area contributed by atoms with Gasteiger partial charge < -0.3 is 19.7 Å². The van der Waals surface area contributed by atoms with Crippen molar-refractivity contribution < 1.29 is 24.0 Å². The molecule has 0 atom stereocenters. The van der Waals surface area contributed by atoms with Crippen LogP contribution in [0.2, 0.25) is 0 Å². The molecule has 1 aromatic heterocycles. The second-order valence-corrected chi connectivity index (χ2v) is 8.40. The number of carbonyl (C=O) groups is 2. The highest BCUT2D eigenvalue weighted by Crippen LogP contribution is 2.40. The van der Waals surface area contributed by atoms with Gasteiger partial charge in [0, 0.05) is 29.6 Å². The molecule has 0 bridgehead atoms. The highest BCUT2D eigenvalue weighted by atomic mass is 32.1. The van der Waals surface area contributed by atoms with E-state index in [1.807, 2.05) is 4.90 Å². The van der Waals surface area contributed by atoms with Gasteiger partial charge in [0.05, 0.1) is 30.3 Å². The van der Waals surface area contributed by atoms with Crippen molar-refractivity contribution >= 4 is 39.6 Å². The lowest BCUT2D eigenvalue weighted by Crippen LogP contribution is -2.36. The number of nitrogens with zero attached hydrogens (tertiary/aromatic N) is 2. The number of fused-ring (bicyclic) bond motifs is 1. The Morgan fingerprint density at radius 3 is 2.77 bits per heavy atom. The summed E-state index contributed by atoms with van der Waals surface area (Å²) in [6.45, 7) is 4.08. The first-order valence-corrected chi connectivity index (χ1v) is 11.1. The number of hydrogen-bond acceptors (Lipinski definition) is 8. The third kappa shape index (κ3) is 4.26. The Morgan fingerprint density at radius 1 is 1.29 bits per heavy atom. The largest absolute Gasteiger partial charge is 0.462 e. The fourth-order valence-corrected chi connectivity index (χ4v) is 5.24. The normalized spacial score (nSPS) is 15.5. The summed E-state index contributed by atoms with van der Waals surface area (Å²) in [5.41, 5.74) is 1.84. The number of carbonyl (C=O) groups excluding carboxylic acids is 2. The molecule has 2 aliphatic rings. The molecule has 1 amide bonds. The highest BCUT2D eigenvalue weighted by molar-refractivity contribution is 7.17. The quantitative estimate of drug-likeness (QED) is 0.412. The van der Waals surface area contributed by atoms with Gasteiger partial charge in [0.25, 0.3) is 11.6 Å². The monoisotopic (exact) mass is 445 g/mol. The van der Waals surface area contributed by atoms with Crippen LogP contribution in [-0.2, 0) is 22.3 Å². The minimum Gasteiger partial charge on any atom is -0.462 e. The van der Waals surface area contributed by atoms with Crippen LogP contribution in [0.1, 0.15) is 44.5 Å². The van der Waals surface area contributed by atoms with Gasteiger partial charge in [0.2, 0.25) is 0 Å². The number of morpholine rings is 1. The number of esters is 1. The minimum atomic E-state index is -0.498. The first-order chi connectivity index (χ1) is 15.0. The van der Waals surface area contributed by atoms with E-state index in [2.05, 4.69) is 5.32 Å². The minimum absolute atomic E-state index is 0.131. The van der Waals surface area contributed by atoms with Crippen LogP contribution >= 0.6 is 11.3 Å². The van der Waals surface area contributed by atoms with Crippen molar-refractivity contribution in [1.82, 2.24) is 0 Å². The highest BCUT2D eigenvalue weighted by Gasteiger charge is 2.29. The summed E-state index contributed by atoms with van der Waals surface area (Å²) >= 11 is 1.37. The molecule has 2 heterocycles. The zero-order chi connectivity index (χ0) is 22.0. The zero-order valence-electron chi connectivity index (χ0n) is 17.1. The lowest BCUT2D eigenvalue weighted by Gasteiger charge is -2.28. The summed E-state index contributed by atoms with van der Waals surface area (Å²) in [4.78, 5) is 39.6. The molecule has 1 aliphatic heterocycles. The standard InChI is InChI=1S/C21H23N3O6S/c1-2-30-21(26)18-14-4-3-5-17(14)31-20(18)22-19(25)13-6-7-15(16(12-13)24(27)28)23-8-10-29-11-9-23/h6-7,12H,2-5,8-11H2,1H3,(H,22,25). The molecule has 10 heteroatoms. The van der Waals surface area contributed by atoms with E-state index in [9.17, 15) is 19.7 Å². The predicted molar refractivity (Wildman–Crippen MR) is 116 cm³/mol. The second kappa shape index (κ2) is 9.03. The number of nitro groups is 1. The van der Waals surface area contributed by atoms with Crippen LogP contribution < -0.4 is 10.2 Å². The Labute approximate surface area is 183 Å². The summed E-state index contributed by atoms with van der Waals surface area (Å²) in [7, 11) is 0. The van der Waals surface area contributed by atoms with Gasteiger partial charge in [-0.25, -0.2) is 4.79 Å². The molecule has 1 aromatic carbocycles. The molecule has 0 saturated carbocycles. The Balaban J connectivity index is 1.61. The van der Waals surface area contributed by atoms with Gasteiger partial charge in [-0.3, -0.25) is 14.9 Å². The fourth-order valence-electron chi connectivity index (χ4n) is 3.97. The van der Waals surface area contributed by atoms with Crippen LogP contribution in [0.15, 0.2) is 18.2 Å². The lowest BCUT2D eigenvalue weighted by atomic mass is 10.1. The Kier molecular flexibility index (Phi) is 6.19. The maximum atomic E-state index is 12.9. The van der Waals surface area contributed by atoms with E-state index >= 15 is 0 Å². The number of rotatable bonds is 6. The summed E-state index contributed by atoms with van der Waals surface area (Å²) in [6, 6.07) is 4.45. The predicted octanol–water partition coefficient (Wildman–Crippen LogP) is 3.41. The summed E-state index contributed by atoms with van der Waals surface area (Å²) in [5.74, 6) is -0.951. The van der Waals surface area contributed by atoms with E-state index in [-0.39, 0.29) is 17.9 Å². The SMILES string of the molecule is CCOC(=O)c1c(NC(=O)c2ccc(N3CCOCC3)c([N+](=O)[O-])c2)sc2c1CCC2. The first kappa shape index (κ1) is 21.3. The molecule has 1 fully saturated rings. The lowest BCUT2D eigenvalue weighted by molar-refractivity contribution is -0.384. The van der Waals surface area contributed by atoms with Gasteiger partial charge >= 0.3 is 5.97 Å². The third-order valence-electron chi connectivity index (χ3n) is 5.41. The molecule has 164 valence electrons.